The average Bonchev–Trinajstić information content (AvgIpc) is 3.27. The molecule has 1 aromatic heterocycles. The fraction of sp³-hybridized carbons (Fsp3) is 0.227. The van der Waals surface area contributed by atoms with E-state index in [1.807, 2.05) is 24.3 Å². The van der Waals surface area contributed by atoms with Crippen LogP contribution in [0.1, 0.15) is 5.56 Å². The molecule has 0 aliphatic carbocycles. The number of methoxy groups -OCH3 is 2. The highest BCUT2D eigenvalue weighted by Crippen LogP contribution is 2.36. The number of thiocarbonyl (C=S) groups is 1. The highest BCUT2D eigenvalue weighted by molar-refractivity contribution is 7.80. The zero-order valence-corrected chi connectivity index (χ0v) is 18.3. The molecule has 0 radical (unpaired) electrons. The van der Waals surface area contributed by atoms with Crippen molar-refractivity contribution in [2.75, 3.05) is 44.7 Å². The third kappa shape index (κ3) is 4.53. The molecule has 4 rings (SSSR count). The van der Waals surface area contributed by atoms with E-state index in [-0.39, 0.29) is 6.79 Å². The minimum Gasteiger partial charge on any atom is -0.497 e. The van der Waals surface area contributed by atoms with Crippen molar-refractivity contribution in [2.24, 2.45) is 0 Å². The first-order valence-corrected chi connectivity index (χ1v) is 10.2. The summed E-state index contributed by atoms with van der Waals surface area (Å²) in [6, 6.07) is 13.0. The van der Waals surface area contributed by atoms with Gasteiger partial charge in [-0.05, 0) is 36.5 Å². The largest absolute Gasteiger partial charge is 0.497 e. The second-order valence-electron chi connectivity index (χ2n) is 6.77. The van der Waals surface area contributed by atoms with Gasteiger partial charge in [0.25, 0.3) is 0 Å². The Kier molecular flexibility index (Phi) is 6.28. The van der Waals surface area contributed by atoms with Crippen LogP contribution in [0.3, 0.4) is 0 Å². The quantitative estimate of drug-likeness (QED) is 0.366. The number of fused-ring (bicyclic) bond motifs is 2. The number of nitrogens with one attached hydrogen (secondary N) is 3. The maximum Gasteiger partial charge on any atom is 0.231 e. The molecule has 0 atom stereocenters. The lowest BCUT2D eigenvalue weighted by Gasteiger charge is -2.15. The molecular weight excluding hydrogens is 430 g/mol. The van der Waals surface area contributed by atoms with Crippen molar-refractivity contribution in [3.63, 3.8) is 0 Å². The van der Waals surface area contributed by atoms with Crippen LogP contribution in [0.5, 0.6) is 23.0 Å². The second kappa shape index (κ2) is 9.45. The minimum absolute atomic E-state index is 0.184. The first kappa shape index (κ1) is 21.3. The smallest absolute Gasteiger partial charge is 0.231 e. The van der Waals surface area contributed by atoms with Crippen LogP contribution in [0.4, 0.5) is 11.5 Å². The predicted octanol–water partition coefficient (Wildman–Crippen LogP) is 3.25. The van der Waals surface area contributed by atoms with Crippen LogP contribution in [0.25, 0.3) is 10.9 Å². The molecule has 0 saturated heterocycles. The fourth-order valence-electron chi connectivity index (χ4n) is 3.21. The highest BCUT2D eigenvalue weighted by atomic mass is 32.1. The normalized spacial score (nSPS) is 11.5. The van der Waals surface area contributed by atoms with Crippen molar-refractivity contribution in [1.82, 2.24) is 10.3 Å². The molecule has 2 aromatic carbocycles. The molecule has 0 saturated carbocycles. The molecule has 0 spiro atoms. The van der Waals surface area contributed by atoms with Crippen LogP contribution in [0, 0.1) is 11.3 Å². The Labute approximate surface area is 190 Å². The molecule has 0 amide bonds. The summed E-state index contributed by atoms with van der Waals surface area (Å²) < 4.78 is 21.4. The summed E-state index contributed by atoms with van der Waals surface area (Å²) in [6.45, 7) is 1.19. The molecule has 1 aliphatic rings. The van der Waals surface area contributed by atoms with Gasteiger partial charge in [-0.1, -0.05) is 0 Å². The molecule has 0 fully saturated rings. The van der Waals surface area contributed by atoms with Crippen LogP contribution in [0.15, 0.2) is 36.4 Å². The van der Waals surface area contributed by atoms with Crippen LogP contribution in [-0.2, 0) is 0 Å². The van der Waals surface area contributed by atoms with Gasteiger partial charge in [-0.2, -0.15) is 5.26 Å². The van der Waals surface area contributed by atoms with Gasteiger partial charge < -0.3 is 34.9 Å². The number of hydrogen-bond acceptors (Lipinski definition) is 8. The Morgan fingerprint density at radius 1 is 1.12 bits per heavy atom. The number of rotatable bonds is 7. The minimum atomic E-state index is 0.184. The summed E-state index contributed by atoms with van der Waals surface area (Å²) in [5.74, 6) is 3.11. The number of benzene rings is 2. The van der Waals surface area contributed by atoms with E-state index in [0.29, 0.717) is 58.1 Å². The van der Waals surface area contributed by atoms with Gasteiger partial charge in [0.1, 0.15) is 23.4 Å². The van der Waals surface area contributed by atoms with Crippen LogP contribution in [-0.4, -0.2) is 44.2 Å². The summed E-state index contributed by atoms with van der Waals surface area (Å²) in [7, 11) is 3.18. The van der Waals surface area contributed by atoms with Crippen LogP contribution < -0.4 is 34.9 Å². The molecule has 10 heteroatoms. The Morgan fingerprint density at radius 3 is 2.69 bits per heavy atom. The Morgan fingerprint density at radius 2 is 1.94 bits per heavy atom. The van der Waals surface area contributed by atoms with Crippen molar-refractivity contribution in [1.29, 1.82) is 5.26 Å². The molecule has 164 valence electrons. The molecule has 0 unspecified atom stereocenters. The van der Waals surface area contributed by atoms with E-state index < -0.39 is 0 Å². The summed E-state index contributed by atoms with van der Waals surface area (Å²) in [4.78, 5) is 4.57. The monoisotopic (exact) mass is 451 g/mol. The van der Waals surface area contributed by atoms with Gasteiger partial charge in [0.2, 0.25) is 6.79 Å². The van der Waals surface area contributed by atoms with Gasteiger partial charge in [0.15, 0.2) is 16.6 Å². The molecule has 32 heavy (non-hydrogen) atoms. The van der Waals surface area contributed by atoms with E-state index in [4.69, 9.17) is 31.2 Å². The van der Waals surface area contributed by atoms with Crippen LogP contribution in [0.2, 0.25) is 0 Å². The number of aromatic nitrogens is 1. The van der Waals surface area contributed by atoms with Gasteiger partial charge in [-0.15, -0.1) is 0 Å². The average molecular weight is 452 g/mol. The number of hydrogen-bond donors (Lipinski definition) is 3. The number of anilines is 2. The zero-order chi connectivity index (χ0) is 22.5. The van der Waals surface area contributed by atoms with Gasteiger partial charge >= 0.3 is 0 Å². The topological polar surface area (TPSA) is 110 Å². The van der Waals surface area contributed by atoms with E-state index >= 15 is 0 Å². The van der Waals surface area contributed by atoms with Crippen LogP contribution >= 0.6 is 12.2 Å². The third-order valence-corrected chi connectivity index (χ3v) is 5.04. The first-order chi connectivity index (χ1) is 15.6. The maximum absolute atomic E-state index is 9.51. The van der Waals surface area contributed by atoms with Crippen molar-refractivity contribution >= 4 is 39.7 Å². The van der Waals surface area contributed by atoms with E-state index in [0.717, 1.165) is 11.1 Å². The highest BCUT2D eigenvalue weighted by Gasteiger charge is 2.16. The van der Waals surface area contributed by atoms with Crippen molar-refractivity contribution in [3.05, 3.63) is 42.0 Å². The van der Waals surface area contributed by atoms with Crippen molar-refractivity contribution in [2.45, 2.75) is 0 Å². The number of pyridine rings is 1. The summed E-state index contributed by atoms with van der Waals surface area (Å²) in [6.07, 6.45) is 0. The molecule has 3 aromatic rings. The molecule has 2 heterocycles. The maximum atomic E-state index is 9.51. The molecule has 9 nitrogen and oxygen atoms in total. The van der Waals surface area contributed by atoms with Crippen molar-refractivity contribution < 1.29 is 18.9 Å². The molecular formula is C22H21N5O4S. The molecule has 1 aliphatic heterocycles. The summed E-state index contributed by atoms with van der Waals surface area (Å²) in [5, 5.41) is 20.2. The number of nitriles is 1. The third-order valence-electron chi connectivity index (χ3n) is 4.79. The van der Waals surface area contributed by atoms with Gasteiger partial charge in [0, 0.05) is 30.6 Å². The first-order valence-electron chi connectivity index (χ1n) is 9.76. The Bertz CT molecular complexity index is 1210. The van der Waals surface area contributed by atoms with Gasteiger partial charge in [-0.25, -0.2) is 4.98 Å². The Balaban J connectivity index is 1.36. The SMILES string of the molecule is COc1ccc(NC(=S)NCCNc2nc3cc4c(cc3cc2C#N)OCO4)c(OC)c1. The summed E-state index contributed by atoms with van der Waals surface area (Å²) in [5.41, 5.74) is 1.88. The van der Waals surface area contributed by atoms with Crippen molar-refractivity contribution in [3.8, 4) is 29.1 Å². The van der Waals surface area contributed by atoms with Gasteiger partial charge in [0.05, 0.1) is 31.0 Å². The molecule has 0 bridgehead atoms. The second-order valence-corrected chi connectivity index (χ2v) is 7.18. The predicted molar refractivity (Wildman–Crippen MR) is 125 cm³/mol. The van der Waals surface area contributed by atoms with E-state index in [1.54, 1.807) is 26.4 Å². The lowest BCUT2D eigenvalue weighted by molar-refractivity contribution is 0.174. The number of ether oxygens (including phenoxy) is 4. The lowest BCUT2D eigenvalue weighted by atomic mass is 10.1. The standard InChI is InChI=1S/C22H21N5O4S/c1-28-15-3-4-16(18(9-15)29-2)27-22(32)25-6-5-24-21-14(11-23)7-13-8-19-20(31-12-30-19)10-17(13)26-21/h3-4,7-10H,5-6,12H2,1-2H3,(H,24,26)(H2,25,27,32). The molecule has 3 N–H and O–H groups in total. The van der Waals surface area contributed by atoms with E-state index in [1.165, 1.54) is 0 Å². The lowest BCUT2D eigenvalue weighted by Crippen LogP contribution is -2.32. The van der Waals surface area contributed by atoms with E-state index in [2.05, 4.69) is 27.0 Å². The van der Waals surface area contributed by atoms with E-state index in [9.17, 15) is 5.26 Å². The summed E-state index contributed by atoms with van der Waals surface area (Å²) >= 11 is 5.36. The van der Waals surface area contributed by atoms with Gasteiger partial charge in [-0.3, -0.25) is 0 Å². The zero-order valence-electron chi connectivity index (χ0n) is 17.5. The fourth-order valence-corrected chi connectivity index (χ4v) is 3.42. The Hall–Kier alpha value is -3.97. The number of nitrogens with zero attached hydrogens (tertiary/aromatic N) is 2.